The number of benzene rings is 1. The first-order valence-corrected chi connectivity index (χ1v) is 6.21. The van der Waals surface area contributed by atoms with Crippen LogP contribution in [0.2, 0.25) is 5.02 Å². The van der Waals surface area contributed by atoms with Crippen molar-refractivity contribution < 1.29 is 9.18 Å². The van der Waals surface area contributed by atoms with Gasteiger partial charge >= 0.3 is 0 Å². The minimum atomic E-state index is -0.590. The summed E-state index contributed by atoms with van der Waals surface area (Å²) in [5.74, 6) is -0.814. The molecule has 1 aliphatic heterocycles. The number of hydrogen-bond donors (Lipinski definition) is 2. The Kier molecular flexibility index (Phi) is 4.52. The van der Waals surface area contributed by atoms with E-state index in [0.717, 1.165) is 26.2 Å². The summed E-state index contributed by atoms with van der Waals surface area (Å²) < 4.78 is 13.6. The average Bonchev–Trinajstić information content (AvgIpc) is 2.36. The third-order valence-corrected chi connectivity index (χ3v) is 3.09. The molecule has 1 aromatic rings. The Morgan fingerprint density at radius 3 is 2.89 bits per heavy atom. The second-order valence-corrected chi connectivity index (χ2v) is 4.58. The number of nitrogens with one attached hydrogen (secondary N) is 2. The van der Waals surface area contributed by atoms with E-state index >= 15 is 0 Å². The fraction of sp³-hybridized carbons (Fsp3) is 0.417. The smallest absolute Gasteiger partial charge is 0.238 e. The van der Waals surface area contributed by atoms with Crippen molar-refractivity contribution in [3.05, 3.63) is 29.0 Å². The molecule has 1 aromatic carbocycles. The van der Waals surface area contributed by atoms with Crippen molar-refractivity contribution in [3.8, 4) is 0 Å². The monoisotopic (exact) mass is 271 g/mol. The van der Waals surface area contributed by atoms with Crippen LogP contribution < -0.4 is 10.6 Å². The van der Waals surface area contributed by atoms with Crippen LogP contribution in [0.5, 0.6) is 0 Å². The van der Waals surface area contributed by atoms with E-state index in [9.17, 15) is 9.18 Å². The average molecular weight is 272 g/mol. The van der Waals surface area contributed by atoms with Gasteiger partial charge in [0, 0.05) is 26.2 Å². The van der Waals surface area contributed by atoms with Gasteiger partial charge in [-0.25, -0.2) is 4.39 Å². The van der Waals surface area contributed by atoms with Crippen molar-refractivity contribution >= 4 is 23.2 Å². The molecular weight excluding hydrogens is 257 g/mol. The summed E-state index contributed by atoms with van der Waals surface area (Å²) in [6.07, 6.45) is 0. The van der Waals surface area contributed by atoms with Gasteiger partial charge < -0.3 is 10.6 Å². The molecule has 0 radical (unpaired) electrons. The summed E-state index contributed by atoms with van der Waals surface area (Å²) >= 11 is 5.64. The van der Waals surface area contributed by atoms with E-state index in [-0.39, 0.29) is 23.2 Å². The fourth-order valence-electron chi connectivity index (χ4n) is 1.86. The van der Waals surface area contributed by atoms with Crippen LogP contribution in [0.25, 0.3) is 0 Å². The van der Waals surface area contributed by atoms with Crippen LogP contribution in [-0.4, -0.2) is 43.5 Å². The highest BCUT2D eigenvalue weighted by Gasteiger charge is 2.15. The van der Waals surface area contributed by atoms with E-state index in [1.807, 2.05) is 4.90 Å². The van der Waals surface area contributed by atoms with Crippen LogP contribution >= 0.6 is 11.6 Å². The number of carbonyl (C=O) groups excluding carboxylic acids is 1. The number of rotatable bonds is 3. The summed E-state index contributed by atoms with van der Waals surface area (Å²) in [6, 6.07) is 4.55. The van der Waals surface area contributed by atoms with E-state index in [2.05, 4.69) is 10.6 Å². The summed E-state index contributed by atoms with van der Waals surface area (Å²) in [4.78, 5) is 13.8. The molecule has 4 nitrogen and oxygen atoms in total. The van der Waals surface area contributed by atoms with E-state index in [1.165, 1.54) is 12.1 Å². The molecule has 6 heteroatoms. The van der Waals surface area contributed by atoms with Crippen LogP contribution in [0, 0.1) is 5.82 Å². The van der Waals surface area contributed by atoms with E-state index in [4.69, 9.17) is 11.6 Å². The molecule has 1 fully saturated rings. The standard InChI is InChI=1S/C12H15ClFN3O/c13-9-2-1-3-10(12(9)14)16-11(18)8-17-6-4-15-5-7-17/h1-3,15H,4-8H2,(H,16,18). The van der Waals surface area contributed by atoms with Gasteiger partial charge in [-0.05, 0) is 12.1 Å². The number of hydrogen-bond acceptors (Lipinski definition) is 3. The largest absolute Gasteiger partial charge is 0.322 e. The predicted molar refractivity (Wildman–Crippen MR) is 69.3 cm³/mol. The topological polar surface area (TPSA) is 44.4 Å². The summed E-state index contributed by atoms with van der Waals surface area (Å²) in [6.45, 7) is 3.67. The van der Waals surface area contributed by atoms with Crippen LogP contribution in [0.4, 0.5) is 10.1 Å². The third-order valence-electron chi connectivity index (χ3n) is 2.80. The normalized spacial score (nSPS) is 16.6. The summed E-state index contributed by atoms with van der Waals surface area (Å²) in [7, 11) is 0. The van der Waals surface area contributed by atoms with Gasteiger partial charge in [0.25, 0.3) is 0 Å². The van der Waals surface area contributed by atoms with Gasteiger partial charge in [-0.3, -0.25) is 9.69 Å². The first-order valence-electron chi connectivity index (χ1n) is 5.84. The van der Waals surface area contributed by atoms with Crippen LogP contribution in [0.15, 0.2) is 18.2 Å². The maximum atomic E-state index is 13.6. The van der Waals surface area contributed by atoms with Crippen molar-refractivity contribution in [2.45, 2.75) is 0 Å². The molecule has 18 heavy (non-hydrogen) atoms. The summed E-state index contributed by atoms with van der Waals surface area (Å²) in [5.41, 5.74) is 0.127. The highest BCUT2D eigenvalue weighted by molar-refractivity contribution is 6.31. The van der Waals surface area contributed by atoms with Gasteiger partial charge in [0.2, 0.25) is 5.91 Å². The second kappa shape index (κ2) is 6.13. The van der Waals surface area contributed by atoms with Gasteiger partial charge in [0.05, 0.1) is 17.3 Å². The lowest BCUT2D eigenvalue weighted by atomic mass is 10.3. The molecule has 2 N–H and O–H groups in total. The second-order valence-electron chi connectivity index (χ2n) is 4.18. The number of amides is 1. The van der Waals surface area contributed by atoms with Crippen molar-refractivity contribution in [1.82, 2.24) is 10.2 Å². The first kappa shape index (κ1) is 13.3. The first-order chi connectivity index (χ1) is 8.66. The van der Waals surface area contributed by atoms with Crippen molar-refractivity contribution in [1.29, 1.82) is 0 Å². The molecule has 1 saturated heterocycles. The number of halogens is 2. The maximum Gasteiger partial charge on any atom is 0.238 e. The Balaban J connectivity index is 1.92. The Hall–Kier alpha value is -1.17. The lowest BCUT2D eigenvalue weighted by molar-refractivity contribution is -0.117. The zero-order valence-corrected chi connectivity index (χ0v) is 10.6. The van der Waals surface area contributed by atoms with Crippen LogP contribution in [0.1, 0.15) is 0 Å². The minimum Gasteiger partial charge on any atom is -0.322 e. The van der Waals surface area contributed by atoms with Crippen LogP contribution in [-0.2, 0) is 4.79 Å². The number of anilines is 1. The molecule has 0 saturated carbocycles. The lowest BCUT2D eigenvalue weighted by Crippen LogP contribution is -2.46. The highest BCUT2D eigenvalue weighted by atomic mass is 35.5. The maximum absolute atomic E-state index is 13.6. The van der Waals surface area contributed by atoms with Crippen molar-refractivity contribution in [3.63, 3.8) is 0 Å². The molecule has 0 atom stereocenters. The Morgan fingerprint density at radius 2 is 2.17 bits per heavy atom. The van der Waals surface area contributed by atoms with Gasteiger partial charge in [0.15, 0.2) is 5.82 Å². The van der Waals surface area contributed by atoms with Gasteiger partial charge in [-0.1, -0.05) is 17.7 Å². The molecule has 0 aromatic heterocycles. The van der Waals surface area contributed by atoms with Crippen LogP contribution in [0.3, 0.4) is 0 Å². The van der Waals surface area contributed by atoms with Gasteiger partial charge in [0.1, 0.15) is 0 Å². The molecule has 0 bridgehead atoms. The highest BCUT2D eigenvalue weighted by Crippen LogP contribution is 2.21. The van der Waals surface area contributed by atoms with E-state index < -0.39 is 5.82 Å². The molecule has 1 heterocycles. The van der Waals surface area contributed by atoms with Gasteiger partial charge in [-0.2, -0.15) is 0 Å². The SMILES string of the molecule is O=C(CN1CCNCC1)Nc1cccc(Cl)c1F. The number of carbonyl (C=O) groups is 1. The van der Waals surface area contributed by atoms with Gasteiger partial charge in [-0.15, -0.1) is 0 Å². The Bertz CT molecular complexity index is 435. The van der Waals surface area contributed by atoms with E-state index in [1.54, 1.807) is 6.07 Å². The van der Waals surface area contributed by atoms with Crippen molar-refractivity contribution in [2.75, 3.05) is 38.0 Å². The molecule has 98 valence electrons. The minimum absolute atomic E-state index is 0.00923. The zero-order chi connectivity index (χ0) is 13.0. The third kappa shape index (κ3) is 3.41. The molecule has 1 amide bonds. The number of piperazine rings is 1. The summed E-state index contributed by atoms with van der Waals surface area (Å²) in [5, 5.41) is 5.75. The number of nitrogens with zero attached hydrogens (tertiary/aromatic N) is 1. The zero-order valence-electron chi connectivity index (χ0n) is 9.88. The Morgan fingerprint density at radius 1 is 1.44 bits per heavy atom. The molecule has 0 spiro atoms. The predicted octanol–water partition coefficient (Wildman–Crippen LogP) is 1.32. The van der Waals surface area contributed by atoms with Crippen molar-refractivity contribution in [2.24, 2.45) is 0 Å². The quantitative estimate of drug-likeness (QED) is 0.872. The molecule has 2 rings (SSSR count). The fourth-order valence-corrected chi connectivity index (χ4v) is 2.04. The molecule has 0 unspecified atom stereocenters. The lowest BCUT2D eigenvalue weighted by Gasteiger charge is -2.26. The molecule has 1 aliphatic rings. The van der Waals surface area contributed by atoms with E-state index in [0.29, 0.717) is 0 Å². The molecular formula is C12H15ClFN3O. The Labute approximate surface area is 110 Å². The molecule has 0 aliphatic carbocycles.